The summed E-state index contributed by atoms with van der Waals surface area (Å²) in [5, 5.41) is 0.677. The van der Waals surface area contributed by atoms with Gasteiger partial charge in [-0.25, -0.2) is 0 Å². The maximum absolute atomic E-state index is 7.18. The van der Waals surface area contributed by atoms with E-state index >= 15 is 0 Å². The topological polar surface area (TPSA) is 67.9 Å². The Morgan fingerprint density at radius 2 is 1.03 bits per heavy atom. The molecule has 8 heteroatoms. The van der Waals surface area contributed by atoms with Crippen LogP contribution in [0.5, 0.6) is 5.75 Å². The lowest BCUT2D eigenvalue weighted by Gasteiger charge is -2.46. The van der Waals surface area contributed by atoms with Gasteiger partial charge in [0.2, 0.25) is 0 Å². The van der Waals surface area contributed by atoms with E-state index in [4.69, 9.17) is 44.8 Å². The molecule has 6 atom stereocenters. The molecule has 2 aliphatic heterocycles. The Morgan fingerprint density at radius 3 is 1.59 bits per heavy atom. The van der Waals surface area contributed by atoms with E-state index in [1.165, 1.54) is 0 Å². The highest BCUT2D eigenvalue weighted by Crippen LogP contribution is 2.40. The van der Waals surface area contributed by atoms with Gasteiger partial charge in [0.1, 0.15) is 49.0 Å². The molecule has 58 heavy (non-hydrogen) atoms. The van der Waals surface area contributed by atoms with Crippen molar-refractivity contribution in [3.05, 3.63) is 208 Å². The fraction of sp³-hybridized carbons (Fsp3) is 0.280. The van der Waals surface area contributed by atoms with Crippen LogP contribution in [-0.4, -0.2) is 50.3 Å². The Bertz CT molecular complexity index is 2120. The van der Waals surface area contributed by atoms with Gasteiger partial charge in [0.05, 0.1) is 39.6 Å². The minimum atomic E-state index is -0.559. The summed E-state index contributed by atoms with van der Waals surface area (Å²) in [7, 11) is 0. The van der Waals surface area contributed by atoms with Gasteiger partial charge in [-0.1, -0.05) is 157 Å². The molecule has 0 bridgehead atoms. The zero-order valence-electron chi connectivity index (χ0n) is 32.4. The Labute approximate surface area is 346 Å². The zero-order valence-corrected chi connectivity index (χ0v) is 33.2. The highest BCUT2D eigenvalue weighted by Gasteiger charge is 2.49. The lowest BCUT2D eigenvalue weighted by molar-refractivity contribution is -0.275. The van der Waals surface area contributed by atoms with Gasteiger partial charge in [0.15, 0.2) is 0 Å². The SMILES string of the molecule is Clc1ccc([C@@H]2O[C@H](COCc3ccccc3)[C@@H](OCc3ccccc3)[C@H](OCc3ccccc3)[C@H]2OCc2ccccc2)cc1Cc1ccc(OC[C@@H]2CO2)cc1. The summed E-state index contributed by atoms with van der Waals surface area (Å²) in [6.07, 6.45) is -1.84. The van der Waals surface area contributed by atoms with Crippen LogP contribution >= 0.6 is 11.6 Å². The van der Waals surface area contributed by atoms with Crippen LogP contribution < -0.4 is 4.74 Å². The summed E-state index contributed by atoms with van der Waals surface area (Å²) in [5.41, 5.74) is 7.26. The van der Waals surface area contributed by atoms with E-state index in [1.54, 1.807) is 0 Å². The van der Waals surface area contributed by atoms with E-state index in [1.807, 2.05) is 97.1 Å². The third kappa shape index (κ3) is 11.2. The van der Waals surface area contributed by atoms with Gasteiger partial charge < -0.3 is 33.2 Å². The van der Waals surface area contributed by atoms with Gasteiger partial charge in [0.25, 0.3) is 0 Å². The first-order chi connectivity index (χ1) is 28.6. The van der Waals surface area contributed by atoms with E-state index in [-0.39, 0.29) is 12.7 Å². The second kappa shape index (κ2) is 20.2. The van der Waals surface area contributed by atoms with Crippen molar-refractivity contribution >= 4 is 11.6 Å². The van der Waals surface area contributed by atoms with Gasteiger partial charge >= 0.3 is 0 Å². The summed E-state index contributed by atoms with van der Waals surface area (Å²) in [4.78, 5) is 0. The molecule has 6 aromatic rings. The van der Waals surface area contributed by atoms with Crippen molar-refractivity contribution in [2.75, 3.05) is 19.8 Å². The van der Waals surface area contributed by atoms with E-state index in [9.17, 15) is 0 Å². The molecule has 0 spiro atoms. The summed E-state index contributed by atoms with van der Waals surface area (Å²) in [5.74, 6) is 0.819. The predicted molar refractivity (Wildman–Crippen MR) is 225 cm³/mol. The van der Waals surface area contributed by atoms with Crippen LogP contribution in [0.1, 0.15) is 45.0 Å². The van der Waals surface area contributed by atoms with E-state index in [2.05, 4.69) is 66.7 Å². The molecule has 0 aliphatic carbocycles. The Kier molecular flexibility index (Phi) is 13.9. The fourth-order valence-corrected chi connectivity index (χ4v) is 7.43. The minimum Gasteiger partial charge on any atom is -0.491 e. The van der Waals surface area contributed by atoms with Crippen LogP contribution in [0.25, 0.3) is 0 Å². The van der Waals surface area contributed by atoms with Gasteiger partial charge in [-0.15, -0.1) is 0 Å². The third-order valence-electron chi connectivity index (χ3n) is 10.4. The van der Waals surface area contributed by atoms with Crippen LogP contribution in [-0.2, 0) is 61.3 Å². The minimum absolute atomic E-state index is 0.202. The van der Waals surface area contributed by atoms with Gasteiger partial charge in [0, 0.05) is 5.02 Å². The molecule has 0 unspecified atom stereocenters. The first-order valence-electron chi connectivity index (χ1n) is 20.0. The number of rotatable bonds is 19. The van der Waals surface area contributed by atoms with Crippen molar-refractivity contribution in [1.29, 1.82) is 0 Å². The number of hydrogen-bond acceptors (Lipinski definition) is 7. The van der Waals surface area contributed by atoms with Crippen molar-refractivity contribution in [3.8, 4) is 5.75 Å². The number of benzene rings is 6. The lowest BCUT2D eigenvalue weighted by Crippen LogP contribution is -2.58. The molecule has 0 radical (unpaired) electrons. The van der Waals surface area contributed by atoms with Crippen LogP contribution in [0.15, 0.2) is 164 Å². The molecule has 0 saturated carbocycles. The number of halogens is 1. The zero-order chi connectivity index (χ0) is 39.4. The van der Waals surface area contributed by atoms with Crippen LogP contribution in [0.3, 0.4) is 0 Å². The van der Waals surface area contributed by atoms with Crippen molar-refractivity contribution in [2.45, 2.75) is 69.5 Å². The normalized spacial score (nSPS) is 21.4. The smallest absolute Gasteiger partial charge is 0.119 e. The van der Waals surface area contributed by atoms with Crippen LogP contribution in [0.2, 0.25) is 5.02 Å². The maximum atomic E-state index is 7.18. The summed E-state index contributed by atoms with van der Waals surface area (Å²) < 4.78 is 45.6. The van der Waals surface area contributed by atoms with Gasteiger partial charge in [-0.3, -0.25) is 0 Å². The van der Waals surface area contributed by atoms with Crippen molar-refractivity contribution in [2.24, 2.45) is 0 Å². The molecular weight excluding hydrogens is 748 g/mol. The fourth-order valence-electron chi connectivity index (χ4n) is 7.24. The van der Waals surface area contributed by atoms with Crippen LogP contribution in [0.4, 0.5) is 0 Å². The Balaban J connectivity index is 1.12. The summed E-state index contributed by atoms with van der Waals surface area (Å²) in [6.45, 7) is 3.14. The molecule has 8 rings (SSSR count). The van der Waals surface area contributed by atoms with Crippen LogP contribution in [0, 0.1) is 0 Å². The van der Waals surface area contributed by atoms with E-state index < -0.39 is 30.5 Å². The summed E-state index contributed by atoms with van der Waals surface area (Å²) >= 11 is 6.93. The van der Waals surface area contributed by atoms with Crippen molar-refractivity contribution in [1.82, 2.24) is 0 Å². The quantitative estimate of drug-likeness (QED) is 0.0757. The highest BCUT2D eigenvalue weighted by atomic mass is 35.5. The largest absolute Gasteiger partial charge is 0.491 e. The van der Waals surface area contributed by atoms with E-state index in [0.717, 1.165) is 51.3 Å². The standard InChI is InChI=1S/C50H49ClO7/c51-45-26-23-41(28-42(45)27-36-21-24-43(25-22-36)53-33-44-34-54-44)47-49(56-31-39-17-9-3-10-18-39)50(57-32-40-19-11-4-12-20-40)48(55-30-38-15-7-2-8-16-38)46(58-47)35-52-29-37-13-5-1-6-14-37/h1-26,28,44,46-50H,27,29-35H2/t44-,46-,47+,48-,49+,50+/m1/s1. The average molecular weight is 797 g/mol. The van der Waals surface area contributed by atoms with Gasteiger partial charge in [-0.05, 0) is 63.6 Å². The molecule has 2 saturated heterocycles. The van der Waals surface area contributed by atoms with E-state index in [0.29, 0.717) is 44.5 Å². The lowest BCUT2D eigenvalue weighted by atomic mass is 9.89. The maximum Gasteiger partial charge on any atom is 0.119 e. The molecule has 2 aliphatic rings. The molecule has 0 amide bonds. The number of ether oxygens (including phenoxy) is 7. The molecule has 2 heterocycles. The molecule has 0 N–H and O–H groups in total. The first kappa shape index (κ1) is 40.0. The number of hydrogen-bond donors (Lipinski definition) is 0. The van der Waals surface area contributed by atoms with Crippen molar-refractivity contribution in [3.63, 3.8) is 0 Å². The molecule has 7 nitrogen and oxygen atoms in total. The van der Waals surface area contributed by atoms with Gasteiger partial charge in [-0.2, -0.15) is 0 Å². The molecule has 6 aromatic carbocycles. The monoisotopic (exact) mass is 796 g/mol. The molecule has 2 fully saturated rings. The Morgan fingerprint density at radius 1 is 0.517 bits per heavy atom. The predicted octanol–water partition coefficient (Wildman–Crippen LogP) is 10.1. The second-order valence-corrected chi connectivity index (χ2v) is 15.2. The molecular formula is C50H49ClO7. The second-order valence-electron chi connectivity index (χ2n) is 14.8. The number of epoxide rings is 1. The Hall–Kier alpha value is -4.83. The third-order valence-corrected chi connectivity index (χ3v) is 10.8. The molecule has 298 valence electrons. The average Bonchev–Trinajstić information content (AvgIpc) is 4.11. The molecule has 0 aromatic heterocycles. The first-order valence-corrected chi connectivity index (χ1v) is 20.4. The van der Waals surface area contributed by atoms with Crippen molar-refractivity contribution < 1.29 is 33.2 Å². The highest BCUT2D eigenvalue weighted by molar-refractivity contribution is 6.31. The summed E-state index contributed by atoms with van der Waals surface area (Å²) in [6, 6.07) is 55.0.